The van der Waals surface area contributed by atoms with Crippen molar-refractivity contribution in [3.05, 3.63) is 40.1 Å². The molecule has 2 rings (SSSR count). The van der Waals surface area contributed by atoms with Crippen LogP contribution >= 0.6 is 11.3 Å². The van der Waals surface area contributed by atoms with Crippen molar-refractivity contribution in [3.63, 3.8) is 0 Å². The van der Waals surface area contributed by atoms with E-state index >= 15 is 0 Å². The van der Waals surface area contributed by atoms with Crippen LogP contribution in [0.25, 0.3) is 0 Å². The summed E-state index contributed by atoms with van der Waals surface area (Å²) in [7, 11) is 0. The molecule has 1 unspecified atom stereocenters. The summed E-state index contributed by atoms with van der Waals surface area (Å²) in [5.41, 5.74) is 6.66. The van der Waals surface area contributed by atoms with E-state index in [0.717, 1.165) is 12.2 Å². The first-order valence-electron chi connectivity index (χ1n) is 5.12. The van der Waals surface area contributed by atoms with Gasteiger partial charge in [0.15, 0.2) is 0 Å². The van der Waals surface area contributed by atoms with Crippen LogP contribution in [0.15, 0.2) is 24.7 Å². The summed E-state index contributed by atoms with van der Waals surface area (Å²) in [6.45, 7) is 2.79. The molecule has 0 fully saturated rings. The summed E-state index contributed by atoms with van der Waals surface area (Å²) in [4.78, 5) is 6.63. The maximum absolute atomic E-state index is 9.04. The minimum absolute atomic E-state index is 0.0604. The molecular formula is C11H15N3OS. The van der Waals surface area contributed by atoms with Crippen LogP contribution in [0.1, 0.15) is 21.5 Å². The highest BCUT2D eigenvalue weighted by Crippen LogP contribution is 2.18. The number of thiophene rings is 1. The first-order chi connectivity index (χ1) is 7.70. The van der Waals surface area contributed by atoms with E-state index in [9.17, 15) is 0 Å². The molecule has 0 bridgehead atoms. The number of hydrogen-bond acceptors (Lipinski definition) is 4. The van der Waals surface area contributed by atoms with Crippen LogP contribution in [-0.4, -0.2) is 21.3 Å². The molecule has 0 aliphatic heterocycles. The molecule has 16 heavy (non-hydrogen) atoms. The fraction of sp³-hybridized carbons (Fsp3) is 0.364. The molecule has 0 amide bonds. The topological polar surface area (TPSA) is 64.1 Å². The van der Waals surface area contributed by atoms with Crippen LogP contribution in [0.5, 0.6) is 0 Å². The quantitative estimate of drug-likeness (QED) is 0.842. The molecular weight excluding hydrogens is 222 g/mol. The lowest BCUT2D eigenvalue weighted by Crippen LogP contribution is -2.18. The van der Waals surface area contributed by atoms with Gasteiger partial charge in [-0.1, -0.05) is 0 Å². The van der Waals surface area contributed by atoms with Gasteiger partial charge in [-0.05, 0) is 19.1 Å². The van der Waals surface area contributed by atoms with E-state index in [2.05, 4.69) is 24.0 Å². The molecule has 0 spiro atoms. The highest BCUT2D eigenvalue weighted by Gasteiger charge is 2.10. The molecule has 2 aromatic heterocycles. The first-order valence-corrected chi connectivity index (χ1v) is 5.94. The number of aliphatic hydroxyl groups is 1. The molecule has 0 saturated carbocycles. The van der Waals surface area contributed by atoms with Crippen molar-refractivity contribution >= 4 is 11.3 Å². The Morgan fingerprint density at radius 1 is 1.56 bits per heavy atom. The number of aliphatic hydroxyl groups excluding tert-OH is 1. The van der Waals surface area contributed by atoms with E-state index < -0.39 is 0 Å². The van der Waals surface area contributed by atoms with Crippen LogP contribution in [0.4, 0.5) is 0 Å². The second-order valence-electron chi connectivity index (χ2n) is 3.75. The summed E-state index contributed by atoms with van der Waals surface area (Å²) in [5.74, 6) is 0. The molecule has 4 nitrogen and oxygen atoms in total. The number of hydrogen-bond donors (Lipinski definition) is 2. The van der Waals surface area contributed by atoms with Crippen molar-refractivity contribution in [2.45, 2.75) is 19.5 Å². The third-order valence-electron chi connectivity index (χ3n) is 2.44. The lowest BCUT2D eigenvalue weighted by Gasteiger charge is -2.11. The Labute approximate surface area is 98.4 Å². The van der Waals surface area contributed by atoms with Crippen molar-refractivity contribution in [3.8, 4) is 0 Å². The van der Waals surface area contributed by atoms with Gasteiger partial charge in [-0.15, -0.1) is 11.3 Å². The van der Waals surface area contributed by atoms with Crippen molar-refractivity contribution in [1.82, 2.24) is 9.55 Å². The summed E-state index contributed by atoms with van der Waals surface area (Å²) < 4.78 is 1.98. The molecule has 0 aliphatic carbocycles. The minimum Gasteiger partial charge on any atom is -0.394 e. The monoisotopic (exact) mass is 237 g/mol. The zero-order valence-corrected chi connectivity index (χ0v) is 9.94. The summed E-state index contributed by atoms with van der Waals surface area (Å²) >= 11 is 1.76. The number of imidazole rings is 1. The van der Waals surface area contributed by atoms with Crippen LogP contribution in [-0.2, 0) is 6.54 Å². The fourth-order valence-corrected chi connectivity index (χ4v) is 2.49. The Morgan fingerprint density at radius 3 is 3.00 bits per heavy atom. The second-order valence-corrected chi connectivity index (χ2v) is 5.12. The van der Waals surface area contributed by atoms with E-state index in [0.29, 0.717) is 0 Å². The zero-order valence-electron chi connectivity index (χ0n) is 9.13. The summed E-state index contributed by atoms with van der Waals surface area (Å²) in [6.07, 6.45) is 3.46. The van der Waals surface area contributed by atoms with Crippen molar-refractivity contribution < 1.29 is 5.11 Å². The van der Waals surface area contributed by atoms with Gasteiger partial charge in [0.2, 0.25) is 0 Å². The molecule has 0 radical (unpaired) electrons. The van der Waals surface area contributed by atoms with Crippen molar-refractivity contribution in [2.75, 3.05) is 6.61 Å². The van der Waals surface area contributed by atoms with E-state index in [1.807, 2.05) is 4.57 Å². The number of nitrogens with zero attached hydrogens (tertiary/aromatic N) is 2. The standard InChI is InChI=1S/C11H15N3OS/c1-8-2-3-9(16-8)5-14-7-13-4-11(14)10(12)6-15/h2-4,7,10,15H,5-6,12H2,1H3. The first kappa shape index (κ1) is 11.3. The Bertz CT molecular complexity index is 463. The third-order valence-corrected chi connectivity index (χ3v) is 3.43. The van der Waals surface area contributed by atoms with E-state index in [4.69, 9.17) is 10.8 Å². The highest BCUT2D eigenvalue weighted by atomic mass is 32.1. The number of nitrogens with two attached hydrogens (primary N) is 1. The van der Waals surface area contributed by atoms with Crippen LogP contribution in [0.2, 0.25) is 0 Å². The van der Waals surface area contributed by atoms with Crippen LogP contribution < -0.4 is 5.73 Å². The molecule has 0 aromatic carbocycles. The maximum atomic E-state index is 9.04. The number of aromatic nitrogens is 2. The molecule has 5 heteroatoms. The average Bonchev–Trinajstić information content (AvgIpc) is 2.87. The third kappa shape index (κ3) is 2.32. The van der Waals surface area contributed by atoms with Crippen molar-refractivity contribution in [2.24, 2.45) is 5.73 Å². The normalized spacial score (nSPS) is 12.9. The predicted molar refractivity (Wildman–Crippen MR) is 64.4 cm³/mol. The van der Waals surface area contributed by atoms with Gasteiger partial charge in [0, 0.05) is 16.0 Å². The number of rotatable bonds is 4. The Hall–Kier alpha value is -1.17. The summed E-state index contributed by atoms with van der Waals surface area (Å²) in [6, 6.07) is 3.85. The van der Waals surface area contributed by atoms with Gasteiger partial charge in [0.05, 0.1) is 31.2 Å². The smallest absolute Gasteiger partial charge is 0.0952 e. The van der Waals surface area contributed by atoms with Gasteiger partial charge < -0.3 is 15.4 Å². The second kappa shape index (κ2) is 4.78. The van der Waals surface area contributed by atoms with Gasteiger partial charge in [0.25, 0.3) is 0 Å². The molecule has 3 N–H and O–H groups in total. The van der Waals surface area contributed by atoms with E-state index in [1.54, 1.807) is 23.9 Å². The maximum Gasteiger partial charge on any atom is 0.0952 e. The minimum atomic E-state index is -0.358. The Morgan fingerprint density at radius 2 is 2.38 bits per heavy atom. The van der Waals surface area contributed by atoms with Gasteiger partial charge in [-0.3, -0.25) is 0 Å². The zero-order chi connectivity index (χ0) is 11.5. The Kier molecular flexibility index (Phi) is 3.38. The van der Waals surface area contributed by atoms with Crippen LogP contribution in [0, 0.1) is 6.92 Å². The largest absolute Gasteiger partial charge is 0.394 e. The Balaban J connectivity index is 2.18. The van der Waals surface area contributed by atoms with E-state index in [-0.39, 0.29) is 12.6 Å². The molecule has 0 aliphatic rings. The van der Waals surface area contributed by atoms with Crippen LogP contribution in [0.3, 0.4) is 0 Å². The summed E-state index contributed by atoms with van der Waals surface area (Å²) in [5, 5.41) is 9.04. The average molecular weight is 237 g/mol. The molecule has 86 valence electrons. The highest BCUT2D eigenvalue weighted by molar-refractivity contribution is 7.11. The molecule has 2 heterocycles. The molecule has 1 atom stereocenters. The van der Waals surface area contributed by atoms with Crippen molar-refractivity contribution in [1.29, 1.82) is 0 Å². The van der Waals surface area contributed by atoms with Gasteiger partial charge >= 0.3 is 0 Å². The molecule has 0 saturated heterocycles. The fourth-order valence-electron chi connectivity index (χ4n) is 1.60. The van der Waals surface area contributed by atoms with E-state index in [1.165, 1.54) is 9.75 Å². The lowest BCUT2D eigenvalue weighted by atomic mass is 10.2. The van der Waals surface area contributed by atoms with Gasteiger partial charge in [0.1, 0.15) is 0 Å². The van der Waals surface area contributed by atoms with Gasteiger partial charge in [-0.2, -0.15) is 0 Å². The molecule has 2 aromatic rings. The SMILES string of the molecule is Cc1ccc(Cn2cncc2C(N)CO)s1. The number of aryl methyl sites for hydroxylation is 1. The predicted octanol–water partition coefficient (Wildman–Crippen LogP) is 1.29. The van der Waals surface area contributed by atoms with Gasteiger partial charge in [-0.25, -0.2) is 4.98 Å². The lowest BCUT2D eigenvalue weighted by molar-refractivity contribution is 0.263.